The van der Waals surface area contributed by atoms with E-state index in [1.165, 1.54) is 50.5 Å². The quantitative estimate of drug-likeness (QED) is 0.643. The van der Waals surface area contributed by atoms with Crippen molar-refractivity contribution in [3.63, 3.8) is 0 Å². The van der Waals surface area contributed by atoms with Crippen LogP contribution >= 0.6 is 0 Å². The molecule has 0 amide bonds. The number of hydrogen-bond acceptors (Lipinski definition) is 1. The summed E-state index contributed by atoms with van der Waals surface area (Å²) in [6.07, 6.45) is 11.4. The highest BCUT2D eigenvalue weighted by atomic mass is 14.9. The highest BCUT2D eigenvalue weighted by molar-refractivity contribution is 5.03. The Labute approximate surface area is 107 Å². The highest BCUT2D eigenvalue weighted by Gasteiger charge is 2.18. The summed E-state index contributed by atoms with van der Waals surface area (Å²) in [4.78, 5) is 0. The summed E-state index contributed by atoms with van der Waals surface area (Å²) < 4.78 is 0. The van der Waals surface area contributed by atoms with Crippen LogP contribution < -0.4 is 5.32 Å². The van der Waals surface area contributed by atoms with Gasteiger partial charge in [0.15, 0.2) is 0 Å². The largest absolute Gasteiger partial charge is 0.308 e. The van der Waals surface area contributed by atoms with E-state index in [1.807, 2.05) is 0 Å². The Hall–Kier alpha value is -0.560. The van der Waals surface area contributed by atoms with E-state index in [2.05, 4.69) is 38.4 Å². The second-order valence-corrected chi connectivity index (χ2v) is 5.69. The summed E-state index contributed by atoms with van der Waals surface area (Å²) >= 11 is 0. The van der Waals surface area contributed by atoms with Crippen molar-refractivity contribution < 1.29 is 0 Å². The lowest BCUT2D eigenvalue weighted by atomic mass is 9.92. The van der Waals surface area contributed by atoms with Crippen molar-refractivity contribution in [3.05, 3.63) is 24.8 Å². The van der Waals surface area contributed by atoms with Gasteiger partial charge in [0.2, 0.25) is 0 Å². The van der Waals surface area contributed by atoms with E-state index in [4.69, 9.17) is 0 Å². The van der Waals surface area contributed by atoms with Crippen molar-refractivity contribution in [1.29, 1.82) is 0 Å². The predicted octanol–water partition coefficient (Wildman–Crippen LogP) is 4.46. The minimum atomic E-state index is 0.500. The molecule has 0 spiro atoms. The molecule has 0 radical (unpaired) electrons. The molecule has 1 saturated carbocycles. The molecule has 1 heteroatoms. The zero-order chi connectivity index (χ0) is 12.7. The topological polar surface area (TPSA) is 12.0 Å². The van der Waals surface area contributed by atoms with E-state index in [9.17, 15) is 0 Å². The molecule has 2 unspecified atom stereocenters. The van der Waals surface area contributed by atoms with Gasteiger partial charge in [-0.1, -0.05) is 44.4 Å². The first kappa shape index (κ1) is 14.5. The third kappa shape index (κ3) is 5.54. The molecule has 1 nitrogen and oxygen atoms in total. The summed E-state index contributed by atoms with van der Waals surface area (Å²) in [7, 11) is 0. The van der Waals surface area contributed by atoms with Gasteiger partial charge in [-0.05, 0) is 38.5 Å². The second-order valence-electron chi connectivity index (χ2n) is 5.69. The van der Waals surface area contributed by atoms with Gasteiger partial charge in [-0.2, -0.15) is 0 Å². The van der Waals surface area contributed by atoms with Gasteiger partial charge in [-0.25, -0.2) is 0 Å². The summed E-state index contributed by atoms with van der Waals surface area (Å²) in [5, 5.41) is 3.80. The summed E-state index contributed by atoms with van der Waals surface area (Å²) in [6, 6.07) is 1.23. The first-order chi connectivity index (χ1) is 8.13. The van der Waals surface area contributed by atoms with Gasteiger partial charge in [0, 0.05) is 12.1 Å². The molecule has 0 saturated heterocycles. The molecule has 0 aromatic rings. The summed E-state index contributed by atoms with van der Waals surface area (Å²) in [5.41, 5.74) is 1.28. The third-order valence-electron chi connectivity index (χ3n) is 3.95. The molecule has 1 N–H and O–H groups in total. The van der Waals surface area contributed by atoms with E-state index in [1.54, 1.807) is 0 Å². The first-order valence-electron chi connectivity index (χ1n) is 7.17. The van der Waals surface area contributed by atoms with Crippen LogP contribution in [0.1, 0.15) is 58.8 Å². The van der Waals surface area contributed by atoms with E-state index < -0.39 is 0 Å². The van der Waals surface area contributed by atoms with E-state index in [0.29, 0.717) is 12.0 Å². The summed E-state index contributed by atoms with van der Waals surface area (Å²) in [6.45, 7) is 12.4. The van der Waals surface area contributed by atoms with E-state index in [0.717, 1.165) is 6.04 Å². The van der Waals surface area contributed by atoms with Gasteiger partial charge in [-0.3, -0.25) is 0 Å². The Bertz CT molecular complexity index is 238. The molecule has 2 atom stereocenters. The fourth-order valence-corrected chi connectivity index (χ4v) is 2.57. The molecule has 0 bridgehead atoms. The maximum atomic E-state index is 4.14. The fraction of sp³-hybridized carbons (Fsp3) is 0.750. The lowest BCUT2D eigenvalue weighted by Gasteiger charge is -2.29. The minimum Gasteiger partial charge on any atom is -0.308 e. The lowest BCUT2D eigenvalue weighted by molar-refractivity contribution is 0.337. The SMILES string of the molecule is C=CC(C)CCC(NC1CCCCC1)C(=C)C. The van der Waals surface area contributed by atoms with Crippen LogP contribution in [-0.2, 0) is 0 Å². The lowest BCUT2D eigenvalue weighted by Crippen LogP contribution is -2.40. The van der Waals surface area contributed by atoms with Gasteiger partial charge in [-0.15, -0.1) is 6.58 Å². The van der Waals surface area contributed by atoms with Gasteiger partial charge in [0.1, 0.15) is 0 Å². The second kappa shape index (κ2) is 7.71. The fourth-order valence-electron chi connectivity index (χ4n) is 2.57. The van der Waals surface area contributed by atoms with Crippen molar-refractivity contribution in [2.45, 2.75) is 70.9 Å². The van der Waals surface area contributed by atoms with Crippen LogP contribution in [0.25, 0.3) is 0 Å². The monoisotopic (exact) mass is 235 g/mol. The van der Waals surface area contributed by atoms with Crippen LogP contribution in [0.5, 0.6) is 0 Å². The molecule has 0 heterocycles. The summed E-state index contributed by atoms with van der Waals surface area (Å²) in [5.74, 6) is 0.616. The van der Waals surface area contributed by atoms with Crippen LogP contribution in [0, 0.1) is 5.92 Å². The molecule has 0 aromatic heterocycles. The van der Waals surface area contributed by atoms with Crippen molar-refractivity contribution in [2.75, 3.05) is 0 Å². The molecule has 1 fully saturated rings. The number of allylic oxidation sites excluding steroid dienone is 1. The minimum absolute atomic E-state index is 0.500. The van der Waals surface area contributed by atoms with E-state index >= 15 is 0 Å². The van der Waals surface area contributed by atoms with Crippen LogP contribution in [-0.4, -0.2) is 12.1 Å². The van der Waals surface area contributed by atoms with Crippen LogP contribution in [0.3, 0.4) is 0 Å². The standard InChI is InChI=1S/C16H29N/c1-5-14(4)11-12-16(13(2)3)17-15-9-7-6-8-10-15/h5,14-17H,1-2,6-12H2,3-4H3. The first-order valence-corrected chi connectivity index (χ1v) is 7.17. The Kier molecular flexibility index (Phi) is 6.57. The van der Waals surface area contributed by atoms with Gasteiger partial charge >= 0.3 is 0 Å². The molecule has 98 valence electrons. The van der Waals surface area contributed by atoms with Crippen molar-refractivity contribution >= 4 is 0 Å². The Morgan fingerprint density at radius 1 is 1.29 bits per heavy atom. The zero-order valence-corrected chi connectivity index (χ0v) is 11.7. The van der Waals surface area contributed by atoms with Crippen LogP contribution in [0.15, 0.2) is 24.8 Å². The van der Waals surface area contributed by atoms with Gasteiger partial charge in [0.05, 0.1) is 0 Å². The third-order valence-corrected chi connectivity index (χ3v) is 3.95. The van der Waals surface area contributed by atoms with E-state index in [-0.39, 0.29) is 0 Å². The smallest absolute Gasteiger partial charge is 0.0276 e. The number of nitrogens with one attached hydrogen (secondary N) is 1. The maximum absolute atomic E-state index is 4.14. The number of hydrogen-bond donors (Lipinski definition) is 1. The molecule has 1 rings (SSSR count). The molecule has 17 heavy (non-hydrogen) atoms. The average molecular weight is 235 g/mol. The predicted molar refractivity (Wildman–Crippen MR) is 77.2 cm³/mol. The normalized spacial score (nSPS) is 20.8. The van der Waals surface area contributed by atoms with Crippen molar-refractivity contribution in [3.8, 4) is 0 Å². The average Bonchev–Trinajstić information content (AvgIpc) is 2.34. The highest BCUT2D eigenvalue weighted by Crippen LogP contribution is 2.20. The number of rotatable bonds is 7. The molecule has 1 aliphatic rings. The van der Waals surface area contributed by atoms with Gasteiger partial charge < -0.3 is 5.32 Å². The van der Waals surface area contributed by atoms with Gasteiger partial charge in [0.25, 0.3) is 0 Å². The maximum Gasteiger partial charge on any atom is 0.0276 e. The van der Waals surface area contributed by atoms with Crippen LogP contribution in [0.2, 0.25) is 0 Å². The molecular weight excluding hydrogens is 206 g/mol. The van der Waals surface area contributed by atoms with Crippen LogP contribution in [0.4, 0.5) is 0 Å². The molecule has 1 aliphatic carbocycles. The van der Waals surface area contributed by atoms with Crippen molar-refractivity contribution in [2.24, 2.45) is 5.92 Å². The van der Waals surface area contributed by atoms with Crippen molar-refractivity contribution in [1.82, 2.24) is 5.32 Å². The molecule has 0 aromatic carbocycles. The Morgan fingerprint density at radius 3 is 2.47 bits per heavy atom. The Balaban J connectivity index is 2.36. The zero-order valence-electron chi connectivity index (χ0n) is 11.7. The molecule has 0 aliphatic heterocycles. The Morgan fingerprint density at radius 2 is 1.94 bits per heavy atom. The molecular formula is C16H29N.